The van der Waals surface area contributed by atoms with Gasteiger partial charge >= 0.3 is 0 Å². The van der Waals surface area contributed by atoms with Crippen molar-refractivity contribution in [1.29, 1.82) is 0 Å². The molecule has 24 heavy (non-hydrogen) atoms. The number of furan rings is 1. The fraction of sp³-hybridized carbons (Fsp3) is 0.471. The Labute approximate surface area is 150 Å². The molecular weight excluding hydrogens is 372 g/mol. The largest absolute Gasteiger partial charge is 0.444 e. The van der Waals surface area contributed by atoms with Crippen LogP contribution >= 0.6 is 15.9 Å². The topological polar surface area (TPSA) is 53.6 Å². The Kier molecular flexibility index (Phi) is 5.43. The van der Waals surface area contributed by atoms with E-state index >= 15 is 0 Å². The number of rotatable bonds is 5. The molecule has 0 unspecified atom stereocenters. The number of nitrogens with zero attached hydrogens (tertiary/aromatic N) is 3. The lowest BCUT2D eigenvalue weighted by Crippen LogP contribution is -2.48. The fourth-order valence-corrected chi connectivity index (χ4v) is 3.39. The molecule has 0 aliphatic carbocycles. The quantitative estimate of drug-likeness (QED) is 0.843. The normalized spacial score (nSPS) is 17.8. The number of carbonyl (C=O) groups is 1. The summed E-state index contributed by atoms with van der Waals surface area (Å²) in [5.74, 6) is 0.139. The van der Waals surface area contributed by atoms with Crippen LogP contribution < -0.4 is 5.32 Å². The van der Waals surface area contributed by atoms with Gasteiger partial charge in [-0.05, 0) is 47.2 Å². The van der Waals surface area contributed by atoms with Crippen LogP contribution in [-0.2, 0) is 7.05 Å². The van der Waals surface area contributed by atoms with Crippen molar-refractivity contribution in [2.45, 2.75) is 6.04 Å². The highest BCUT2D eigenvalue weighted by atomic mass is 79.9. The summed E-state index contributed by atoms with van der Waals surface area (Å²) in [4.78, 5) is 17.1. The molecule has 2 aromatic rings. The standard InChI is InChI=1S/C17H23BrN4O2/c1-20-8-10-22(11-9-20)14(13-4-3-7-21(13)2)12-19-17(23)15-5-6-16(18)24-15/h3-7,14H,8-12H2,1-2H3,(H,19,23)/t14-/m0/s1. The number of aromatic nitrogens is 1. The second-order valence-electron chi connectivity index (χ2n) is 6.21. The zero-order valence-electron chi connectivity index (χ0n) is 14.0. The number of halogens is 1. The molecule has 2 aromatic heterocycles. The number of aryl methyl sites for hydroxylation is 1. The molecule has 0 saturated carbocycles. The smallest absolute Gasteiger partial charge is 0.287 e. The van der Waals surface area contributed by atoms with Gasteiger partial charge in [0.2, 0.25) is 0 Å². The Hall–Kier alpha value is -1.57. The van der Waals surface area contributed by atoms with E-state index in [0.717, 1.165) is 26.2 Å². The van der Waals surface area contributed by atoms with Crippen molar-refractivity contribution in [3.05, 3.63) is 46.6 Å². The Morgan fingerprint density at radius 1 is 1.25 bits per heavy atom. The van der Waals surface area contributed by atoms with Crippen LogP contribution in [0.2, 0.25) is 0 Å². The summed E-state index contributed by atoms with van der Waals surface area (Å²) in [6.07, 6.45) is 2.05. The molecule has 1 fully saturated rings. The molecule has 7 heteroatoms. The molecule has 3 heterocycles. The molecule has 1 amide bonds. The number of likely N-dealkylation sites (N-methyl/N-ethyl adjacent to an activating group) is 1. The SMILES string of the molecule is CN1CCN([C@@H](CNC(=O)c2ccc(Br)o2)c2cccn2C)CC1. The minimum absolute atomic E-state index is 0.154. The van der Waals surface area contributed by atoms with Crippen molar-refractivity contribution in [2.75, 3.05) is 39.8 Å². The average molecular weight is 395 g/mol. The molecule has 1 aliphatic rings. The van der Waals surface area contributed by atoms with E-state index in [1.807, 2.05) is 19.3 Å². The van der Waals surface area contributed by atoms with Crippen molar-refractivity contribution in [3.8, 4) is 0 Å². The molecule has 1 atom stereocenters. The average Bonchev–Trinajstić information content (AvgIpc) is 3.18. The van der Waals surface area contributed by atoms with Crippen molar-refractivity contribution in [1.82, 2.24) is 19.7 Å². The third kappa shape index (κ3) is 3.91. The Morgan fingerprint density at radius 3 is 2.58 bits per heavy atom. The third-order valence-corrected chi connectivity index (χ3v) is 4.98. The zero-order valence-corrected chi connectivity index (χ0v) is 15.6. The summed E-state index contributed by atoms with van der Waals surface area (Å²) in [5, 5.41) is 3.01. The van der Waals surface area contributed by atoms with E-state index in [-0.39, 0.29) is 11.9 Å². The maximum Gasteiger partial charge on any atom is 0.287 e. The van der Waals surface area contributed by atoms with Gasteiger partial charge in [-0.2, -0.15) is 0 Å². The van der Waals surface area contributed by atoms with Gasteiger partial charge in [-0.25, -0.2) is 0 Å². The van der Waals surface area contributed by atoms with Crippen LogP contribution in [0.3, 0.4) is 0 Å². The van der Waals surface area contributed by atoms with Crippen LogP contribution in [0, 0.1) is 0 Å². The molecule has 6 nitrogen and oxygen atoms in total. The minimum Gasteiger partial charge on any atom is -0.444 e. The lowest BCUT2D eigenvalue weighted by molar-refractivity contribution is 0.0854. The number of amides is 1. The number of carbonyl (C=O) groups excluding carboxylic acids is 1. The monoisotopic (exact) mass is 394 g/mol. The van der Waals surface area contributed by atoms with Gasteiger partial charge in [0.25, 0.3) is 5.91 Å². The first-order valence-corrected chi connectivity index (χ1v) is 8.91. The lowest BCUT2D eigenvalue weighted by Gasteiger charge is -2.38. The van der Waals surface area contributed by atoms with Gasteiger partial charge in [0, 0.05) is 51.7 Å². The first-order chi connectivity index (χ1) is 11.5. The van der Waals surface area contributed by atoms with Crippen molar-refractivity contribution >= 4 is 21.8 Å². The van der Waals surface area contributed by atoms with Crippen LogP contribution in [0.1, 0.15) is 22.3 Å². The van der Waals surface area contributed by atoms with Crippen LogP contribution in [-0.4, -0.2) is 60.0 Å². The van der Waals surface area contributed by atoms with Gasteiger partial charge in [-0.3, -0.25) is 9.69 Å². The van der Waals surface area contributed by atoms with Gasteiger partial charge in [-0.15, -0.1) is 0 Å². The number of nitrogens with one attached hydrogen (secondary N) is 1. The molecule has 1 aliphatic heterocycles. The molecule has 3 rings (SSSR count). The third-order valence-electron chi connectivity index (χ3n) is 4.56. The maximum atomic E-state index is 12.3. The minimum atomic E-state index is -0.186. The molecular formula is C17H23BrN4O2. The van der Waals surface area contributed by atoms with Gasteiger partial charge < -0.3 is 19.2 Å². The van der Waals surface area contributed by atoms with Gasteiger partial charge in [0.1, 0.15) is 0 Å². The van der Waals surface area contributed by atoms with E-state index < -0.39 is 0 Å². The highest BCUT2D eigenvalue weighted by Crippen LogP contribution is 2.22. The van der Waals surface area contributed by atoms with Crippen LogP contribution in [0.25, 0.3) is 0 Å². The summed E-state index contributed by atoms with van der Waals surface area (Å²) >= 11 is 3.23. The molecule has 0 radical (unpaired) electrons. The fourth-order valence-electron chi connectivity index (χ4n) is 3.09. The lowest BCUT2D eigenvalue weighted by atomic mass is 10.1. The summed E-state index contributed by atoms with van der Waals surface area (Å²) in [7, 11) is 4.19. The van der Waals surface area contributed by atoms with E-state index in [1.165, 1.54) is 5.69 Å². The summed E-state index contributed by atoms with van der Waals surface area (Å²) < 4.78 is 8.02. The first-order valence-electron chi connectivity index (χ1n) is 8.12. The second kappa shape index (κ2) is 7.55. The molecule has 130 valence electrons. The number of hydrogen-bond donors (Lipinski definition) is 1. The van der Waals surface area contributed by atoms with Crippen molar-refractivity contribution in [3.63, 3.8) is 0 Å². The second-order valence-corrected chi connectivity index (χ2v) is 6.99. The van der Waals surface area contributed by atoms with Gasteiger partial charge in [0.05, 0.1) is 6.04 Å². The Bertz CT molecular complexity index is 688. The van der Waals surface area contributed by atoms with E-state index in [9.17, 15) is 4.79 Å². The molecule has 0 aromatic carbocycles. The van der Waals surface area contributed by atoms with Crippen molar-refractivity contribution in [2.24, 2.45) is 7.05 Å². The predicted octanol–water partition coefficient (Wildman–Crippen LogP) is 2.10. The molecule has 0 spiro atoms. The summed E-state index contributed by atoms with van der Waals surface area (Å²) in [6.45, 7) is 4.63. The van der Waals surface area contributed by atoms with Crippen LogP contribution in [0.5, 0.6) is 0 Å². The molecule has 1 N–H and O–H groups in total. The predicted molar refractivity (Wildman–Crippen MR) is 96.0 cm³/mol. The van der Waals surface area contributed by atoms with Crippen LogP contribution in [0.4, 0.5) is 0 Å². The molecule has 1 saturated heterocycles. The van der Waals surface area contributed by atoms with E-state index in [4.69, 9.17) is 4.42 Å². The molecule has 0 bridgehead atoms. The van der Waals surface area contributed by atoms with E-state index in [2.05, 4.69) is 48.7 Å². The van der Waals surface area contributed by atoms with Crippen molar-refractivity contribution < 1.29 is 9.21 Å². The van der Waals surface area contributed by atoms with E-state index in [0.29, 0.717) is 17.0 Å². The Morgan fingerprint density at radius 2 is 2.00 bits per heavy atom. The highest BCUT2D eigenvalue weighted by Gasteiger charge is 2.26. The first kappa shape index (κ1) is 17.3. The van der Waals surface area contributed by atoms with Gasteiger partial charge in [0.15, 0.2) is 10.4 Å². The maximum absolute atomic E-state index is 12.3. The summed E-state index contributed by atoms with van der Waals surface area (Å²) in [5.41, 5.74) is 1.21. The summed E-state index contributed by atoms with van der Waals surface area (Å²) in [6, 6.07) is 7.72. The zero-order chi connectivity index (χ0) is 17.1. The Balaban J connectivity index is 1.70. The highest BCUT2D eigenvalue weighted by molar-refractivity contribution is 9.10. The number of piperazine rings is 1. The van der Waals surface area contributed by atoms with E-state index in [1.54, 1.807) is 12.1 Å². The van der Waals surface area contributed by atoms with Gasteiger partial charge in [-0.1, -0.05) is 0 Å². The van der Waals surface area contributed by atoms with Crippen LogP contribution in [0.15, 0.2) is 39.5 Å². The number of hydrogen-bond acceptors (Lipinski definition) is 4.